The van der Waals surface area contributed by atoms with Crippen LogP contribution in [0.5, 0.6) is 0 Å². The van der Waals surface area contributed by atoms with E-state index in [1.54, 1.807) is 0 Å². The van der Waals surface area contributed by atoms with Gasteiger partial charge < -0.3 is 16.0 Å². The van der Waals surface area contributed by atoms with E-state index in [0.29, 0.717) is 13.0 Å². The van der Waals surface area contributed by atoms with Crippen molar-refractivity contribution < 1.29 is 4.79 Å². The van der Waals surface area contributed by atoms with E-state index in [4.69, 9.17) is 5.73 Å². The molecule has 24 heavy (non-hydrogen) atoms. The summed E-state index contributed by atoms with van der Waals surface area (Å²) >= 11 is 0. The molecule has 2 rings (SSSR count). The third-order valence-electron chi connectivity index (χ3n) is 4.19. The minimum Gasteiger partial charge on any atom is -0.353 e. The van der Waals surface area contributed by atoms with Gasteiger partial charge in [-0.25, -0.2) is 0 Å². The molecule has 0 radical (unpaired) electrons. The van der Waals surface area contributed by atoms with Crippen molar-refractivity contribution in [3.05, 3.63) is 71.3 Å². The van der Waals surface area contributed by atoms with Crippen LogP contribution in [0.4, 0.5) is 0 Å². The number of hydrogen-bond acceptors (Lipinski definition) is 3. The van der Waals surface area contributed by atoms with Crippen molar-refractivity contribution in [1.29, 1.82) is 0 Å². The summed E-state index contributed by atoms with van der Waals surface area (Å²) in [5.74, 6) is -0.113. The number of nitrogens with zero attached hydrogens (tertiary/aromatic N) is 1. The van der Waals surface area contributed by atoms with Crippen LogP contribution in [0.25, 0.3) is 0 Å². The lowest BCUT2D eigenvalue weighted by molar-refractivity contribution is -0.122. The number of hydrogen-bond donors (Lipinski definition) is 2. The van der Waals surface area contributed by atoms with Gasteiger partial charge in [0.05, 0.1) is 12.1 Å². The Labute approximate surface area is 144 Å². The zero-order chi connectivity index (χ0) is 17.5. The fourth-order valence-corrected chi connectivity index (χ4v) is 2.68. The summed E-state index contributed by atoms with van der Waals surface area (Å²) < 4.78 is 0. The third kappa shape index (κ3) is 5.18. The Morgan fingerprint density at radius 3 is 2.29 bits per heavy atom. The highest BCUT2D eigenvalue weighted by Crippen LogP contribution is 2.18. The molecular weight excluding hydrogens is 298 g/mol. The molecule has 0 aliphatic heterocycles. The van der Waals surface area contributed by atoms with E-state index in [0.717, 1.165) is 5.56 Å². The monoisotopic (exact) mass is 325 g/mol. The predicted octanol–water partition coefficient (Wildman–Crippen LogP) is 2.28. The van der Waals surface area contributed by atoms with Gasteiger partial charge in [-0.3, -0.25) is 4.79 Å². The van der Waals surface area contributed by atoms with Gasteiger partial charge >= 0.3 is 0 Å². The van der Waals surface area contributed by atoms with Gasteiger partial charge in [-0.05, 0) is 38.6 Å². The molecule has 0 saturated heterocycles. The van der Waals surface area contributed by atoms with Gasteiger partial charge in [0.25, 0.3) is 0 Å². The largest absolute Gasteiger partial charge is 0.353 e. The van der Waals surface area contributed by atoms with E-state index in [2.05, 4.69) is 41.4 Å². The number of benzene rings is 2. The van der Waals surface area contributed by atoms with Crippen molar-refractivity contribution in [1.82, 2.24) is 10.2 Å². The highest BCUT2D eigenvalue weighted by atomic mass is 16.2. The molecule has 4 nitrogen and oxygen atoms in total. The SMILES string of the molecule is Cc1ccc(C(CNC(=O)C(N)Cc2ccccc2)N(C)C)cc1. The molecule has 2 atom stereocenters. The lowest BCUT2D eigenvalue weighted by atomic mass is 10.0. The second kappa shape index (κ2) is 8.62. The number of carbonyl (C=O) groups is 1. The lowest BCUT2D eigenvalue weighted by Crippen LogP contribution is -2.44. The zero-order valence-corrected chi connectivity index (χ0v) is 14.7. The van der Waals surface area contributed by atoms with E-state index in [9.17, 15) is 4.79 Å². The first-order chi connectivity index (χ1) is 11.5. The molecule has 0 fully saturated rings. The topological polar surface area (TPSA) is 58.4 Å². The molecule has 0 aromatic heterocycles. The Morgan fingerprint density at radius 2 is 1.71 bits per heavy atom. The molecule has 3 N–H and O–H groups in total. The summed E-state index contributed by atoms with van der Waals surface area (Å²) in [7, 11) is 4.03. The molecule has 0 bridgehead atoms. The molecule has 4 heteroatoms. The molecule has 2 aromatic carbocycles. The normalized spacial score (nSPS) is 13.5. The van der Waals surface area contributed by atoms with E-state index in [-0.39, 0.29) is 11.9 Å². The number of likely N-dealkylation sites (N-methyl/N-ethyl adjacent to an activating group) is 1. The van der Waals surface area contributed by atoms with E-state index < -0.39 is 6.04 Å². The number of carbonyl (C=O) groups excluding carboxylic acids is 1. The van der Waals surface area contributed by atoms with E-state index in [1.165, 1.54) is 11.1 Å². The van der Waals surface area contributed by atoms with Crippen LogP contribution in [0.1, 0.15) is 22.7 Å². The molecule has 1 amide bonds. The summed E-state index contributed by atoms with van der Waals surface area (Å²) in [5.41, 5.74) is 9.53. The molecule has 2 unspecified atom stereocenters. The van der Waals surface area contributed by atoms with E-state index >= 15 is 0 Å². The third-order valence-corrected chi connectivity index (χ3v) is 4.19. The van der Waals surface area contributed by atoms with Gasteiger partial charge in [-0.2, -0.15) is 0 Å². The van der Waals surface area contributed by atoms with Crippen molar-refractivity contribution >= 4 is 5.91 Å². The van der Waals surface area contributed by atoms with Gasteiger partial charge in [0, 0.05) is 6.54 Å². The quantitative estimate of drug-likeness (QED) is 0.821. The van der Waals surface area contributed by atoms with Crippen LogP contribution in [0.3, 0.4) is 0 Å². The Kier molecular flexibility index (Phi) is 6.53. The van der Waals surface area contributed by atoms with Crippen LogP contribution in [0.15, 0.2) is 54.6 Å². The van der Waals surface area contributed by atoms with Gasteiger partial charge in [-0.15, -0.1) is 0 Å². The average Bonchev–Trinajstić information content (AvgIpc) is 2.57. The number of amides is 1. The molecule has 0 heterocycles. The molecule has 0 saturated carbocycles. The van der Waals surface area contributed by atoms with Crippen molar-refractivity contribution in [2.24, 2.45) is 5.73 Å². The lowest BCUT2D eigenvalue weighted by Gasteiger charge is -2.26. The summed E-state index contributed by atoms with van der Waals surface area (Å²) in [5, 5.41) is 2.99. The van der Waals surface area contributed by atoms with Crippen molar-refractivity contribution in [3.63, 3.8) is 0 Å². The fraction of sp³-hybridized carbons (Fsp3) is 0.350. The maximum absolute atomic E-state index is 12.3. The van der Waals surface area contributed by atoms with Crippen LogP contribution < -0.4 is 11.1 Å². The van der Waals surface area contributed by atoms with Crippen LogP contribution in [-0.2, 0) is 11.2 Å². The number of rotatable bonds is 7. The molecule has 128 valence electrons. The standard InChI is InChI=1S/C20H27N3O/c1-15-9-11-17(12-10-15)19(23(2)3)14-22-20(24)18(21)13-16-7-5-4-6-8-16/h4-12,18-19H,13-14,21H2,1-3H3,(H,22,24). The zero-order valence-electron chi connectivity index (χ0n) is 14.7. The maximum Gasteiger partial charge on any atom is 0.237 e. The first-order valence-electron chi connectivity index (χ1n) is 8.27. The molecule has 2 aromatic rings. The van der Waals surface area contributed by atoms with Gasteiger partial charge in [0.15, 0.2) is 0 Å². The summed E-state index contributed by atoms with van der Waals surface area (Å²) in [6, 6.07) is 17.8. The summed E-state index contributed by atoms with van der Waals surface area (Å²) in [6.07, 6.45) is 0.545. The minimum absolute atomic E-state index is 0.113. The van der Waals surface area contributed by atoms with Gasteiger partial charge in [0.2, 0.25) is 5.91 Å². The maximum atomic E-state index is 12.3. The van der Waals surface area contributed by atoms with Crippen LogP contribution in [0.2, 0.25) is 0 Å². The average molecular weight is 325 g/mol. The van der Waals surface area contributed by atoms with Crippen LogP contribution >= 0.6 is 0 Å². The fourth-order valence-electron chi connectivity index (χ4n) is 2.68. The predicted molar refractivity (Wildman–Crippen MR) is 98.7 cm³/mol. The van der Waals surface area contributed by atoms with E-state index in [1.807, 2.05) is 44.4 Å². The van der Waals surface area contributed by atoms with Crippen LogP contribution in [0, 0.1) is 6.92 Å². The minimum atomic E-state index is -0.534. The number of nitrogens with one attached hydrogen (secondary N) is 1. The Bertz CT molecular complexity index is 638. The molecule has 0 spiro atoms. The Balaban J connectivity index is 1.93. The second-order valence-electron chi connectivity index (χ2n) is 6.43. The molecule has 0 aliphatic carbocycles. The summed E-state index contributed by atoms with van der Waals surface area (Å²) in [4.78, 5) is 14.4. The van der Waals surface area contributed by atoms with Crippen molar-refractivity contribution in [3.8, 4) is 0 Å². The first kappa shape index (κ1) is 18.2. The Hall–Kier alpha value is -2.17. The smallest absolute Gasteiger partial charge is 0.237 e. The Morgan fingerprint density at radius 1 is 1.08 bits per heavy atom. The van der Waals surface area contributed by atoms with Gasteiger partial charge in [-0.1, -0.05) is 60.2 Å². The summed E-state index contributed by atoms with van der Waals surface area (Å²) in [6.45, 7) is 2.61. The molecule has 0 aliphatic rings. The van der Waals surface area contributed by atoms with Crippen LogP contribution in [-0.4, -0.2) is 37.5 Å². The van der Waals surface area contributed by atoms with Crippen molar-refractivity contribution in [2.75, 3.05) is 20.6 Å². The highest BCUT2D eigenvalue weighted by Gasteiger charge is 2.18. The van der Waals surface area contributed by atoms with Crippen molar-refractivity contribution in [2.45, 2.75) is 25.4 Å². The number of nitrogens with two attached hydrogens (primary N) is 1. The highest BCUT2D eigenvalue weighted by molar-refractivity contribution is 5.81. The van der Waals surface area contributed by atoms with Gasteiger partial charge in [0.1, 0.15) is 0 Å². The molecular formula is C20H27N3O. The first-order valence-corrected chi connectivity index (χ1v) is 8.27. The second-order valence-corrected chi connectivity index (χ2v) is 6.43. The number of aryl methyl sites for hydroxylation is 1.